The van der Waals surface area contributed by atoms with E-state index < -0.39 is 6.10 Å². The lowest BCUT2D eigenvalue weighted by Gasteiger charge is -2.22. The fourth-order valence-electron chi connectivity index (χ4n) is 2.51. The molecule has 0 N–H and O–H groups in total. The molecule has 4 nitrogen and oxygen atoms in total. The van der Waals surface area contributed by atoms with Crippen molar-refractivity contribution in [1.29, 1.82) is 0 Å². The van der Waals surface area contributed by atoms with Gasteiger partial charge in [-0.25, -0.2) is 0 Å². The summed E-state index contributed by atoms with van der Waals surface area (Å²) in [6, 6.07) is 5.81. The molecule has 0 bridgehead atoms. The molecule has 0 amide bonds. The van der Waals surface area contributed by atoms with E-state index in [4.69, 9.17) is 9.47 Å². The largest absolute Gasteiger partial charge is 0.450 e. The molecule has 1 atom stereocenters. The summed E-state index contributed by atoms with van der Waals surface area (Å²) >= 11 is 0. The molecule has 0 saturated heterocycles. The molecule has 1 unspecified atom stereocenters. The molecule has 1 aliphatic rings. The van der Waals surface area contributed by atoms with Crippen LogP contribution < -0.4 is 0 Å². The van der Waals surface area contributed by atoms with Crippen molar-refractivity contribution in [3.63, 3.8) is 0 Å². The highest BCUT2D eigenvalue weighted by molar-refractivity contribution is 5.80. The van der Waals surface area contributed by atoms with Crippen LogP contribution in [-0.2, 0) is 14.3 Å². The average molecular weight is 303 g/mol. The average Bonchev–Trinajstić information content (AvgIpc) is 2.53. The Morgan fingerprint density at radius 1 is 1.23 bits per heavy atom. The molecule has 22 heavy (non-hydrogen) atoms. The predicted molar refractivity (Wildman–Crippen MR) is 87.5 cm³/mol. The van der Waals surface area contributed by atoms with Gasteiger partial charge >= 0.3 is 6.08 Å². The summed E-state index contributed by atoms with van der Waals surface area (Å²) in [6.07, 6.45) is 7.60. The highest BCUT2D eigenvalue weighted by Gasteiger charge is 2.24. The molecule has 0 saturated carbocycles. The van der Waals surface area contributed by atoms with E-state index in [9.17, 15) is 4.79 Å². The highest BCUT2D eigenvalue weighted by Crippen LogP contribution is 2.32. The highest BCUT2D eigenvalue weighted by atomic mass is 16.7. The number of hydrogen-bond donors (Lipinski definition) is 0. The van der Waals surface area contributed by atoms with Crippen molar-refractivity contribution in [2.24, 2.45) is 4.99 Å². The van der Waals surface area contributed by atoms with E-state index in [0.29, 0.717) is 6.61 Å². The molecule has 0 fully saturated rings. The maximum absolute atomic E-state index is 11.2. The molecule has 2 rings (SSSR count). The lowest BCUT2D eigenvalue weighted by Crippen LogP contribution is -2.20. The summed E-state index contributed by atoms with van der Waals surface area (Å²) in [5.74, 6) is 0. The van der Waals surface area contributed by atoms with Crippen LogP contribution in [0, 0.1) is 6.92 Å². The predicted octanol–water partition coefficient (Wildman–Crippen LogP) is 4.63. The first-order chi connectivity index (χ1) is 10.7. The molecule has 0 spiro atoms. The number of unbranched alkanes of at least 4 members (excludes halogenated alkanes) is 5. The maximum Gasteiger partial charge on any atom is 0.389 e. The molecule has 120 valence electrons. The van der Waals surface area contributed by atoms with Crippen LogP contribution in [-0.4, -0.2) is 19.0 Å². The van der Waals surface area contributed by atoms with Crippen molar-refractivity contribution in [1.82, 2.24) is 0 Å². The van der Waals surface area contributed by atoms with Crippen LogP contribution in [0.25, 0.3) is 0 Å². The molecular formula is C18H25NO3. The van der Waals surface area contributed by atoms with E-state index in [-0.39, 0.29) is 6.08 Å². The van der Waals surface area contributed by atoms with Gasteiger partial charge in [-0.05, 0) is 25.5 Å². The van der Waals surface area contributed by atoms with Gasteiger partial charge in [-0.2, -0.15) is 4.99 Å². The molecule has 0 radical (unpaired) electrons. The number of fused-ring (bicyclic) bond motifs is 1. The Morgan fingerprint density at radius 2 is 2.00 bits per heavy atom. The van der Waals surface area contributed by atoms with Crippen LogP contribution in [0.2, 0.25) is 0 Å². The van der Waals surface area contributed by atoms with Crippen molar-refractivity contribution < 1.29 is 14.3 Å². The molecule has 0 aromatic heterocycles. The summed E-state index contributed by atoms with van der Waals surface area (Å²) in [7, 11) is 0. The third-order valence-electron chi connectivity index (χ3n) is 3.78. The van der Waals surface area contributed by atoms with Crippen LogP contribution in [0.15, 0.2) is 23.2 Å². The number of aryl methyl sites for hydroxylation is 1. The summed E-state index contributed by atoms with van der Waals surface area (Å²) in [6.45, 7) is 4.78. The van der Waals surface area contributed by atoms with Crippen molar-refractivity contribution >= 4 is 18.1 Å². The van der Waals surface area contributed by atoms with E-state index in [1.54, 1.807) is 0 Å². The van der Waals surface area contributed by atoms with Gasteiger partial charge in [0.05, 0.1) is 12.3 Å². The van der Waals surface area contributed by atoms with E-state index in [2.05, 4.69) is 11.9 Å². The van der Waals surface area contributed by atoms with Gasteiger partial charge in [0.15, 0.2) is 12.4 Å². The summed E-state index contributed by atoms with van der Waals surface area (Å²) in [5.41, 5.74) is 2.65. The smallest absolute Gasteiger partial charge is 0.389 e. The zero-order valence-electron chi connectivity index (χ0n) is 13.5. The van der Waals surface area contributed by atoms with E-state index in [0.717, 1.165) is 35.9 Å². The number of ether oxygens (including phenoxy) is 2. The van der Waals surface area contributed by atoms with Gasteiger partial charge in [-0.15, -0.1) is 0 Å². The number of carbonyl (C=O) groups is 1. The Morgan fingerprint density at radius 3 is 2.77 bits per heavy atom. The molecular weight excluding hydrogens is 278 g/mol. The van der Waals surface area contributed by atoms with Crippen LogP contribution in [0.4, 0.5) is 5.69 Å². The Balaban J connectivity index is 1.85. The molecule has 1 heterocycles. The van der Waals surface area contributed by atoms with Crippen molar-refractivity contribution in [3.8, 4) is 0 Å². The Hall–Kier alpha value is -1.84. The first kappa shape index (κ1) is 16.5. The number of hydrogen-bond acceptors (Lipinski definition) is 4. The van der Waals surface area contributed by atoms with Crippen LogP contribution in [0.3, 0.4) is 0 Å². The minimum Gasteiger partial charge on any atom is -0.450 e. The topological polar surface area (TPSA) is 47.9 Å². The third-order valence-corrected chi connectivity index (χ3v) is 3.78. The van der Waals surface area contributed by atoms with Crippen molar-refractivity contribution in [2.45, 2.75) is 58.5 Å². The lowest BCUT2D eigenvalue weighted by atomic mass is 10.0. The van der Waals surface area contributed by atoms with Crippen LogP contribution in [0.1, 0.15) is 62.7 Å². The minimum atomic E-state index is -0.619. The number of nitrogens with zero attached hydrogens (tertiary/aromatic N) is 1. The Kier molecular flexibility index (Phi) is 6.44. The summed E-state index contributed by atoms with van der Waals surface area (Å²) < 4.78 is 11.1. The van der Waals surface area contributed by atoms with Crippen molar-refractivity contribution in [2.75, 3.05) is 6.61 Å². The number of aldehydes is 1. The third kappa shape index (κ3) is 4.58. The fraction of sp³-hybridized carbons (Fsp3) is 0.556. The lowest BCUT2D eigenvalue weighted by molar-refractivity contribution is -0.115. The van der Waals surface area contributed by atoms with Gasteiger partial charge < -0.3 is 9.47 Å². The van der Waals surface area contributed by atoms with E-state index in [1.807, 2.05) is 25.1 Å². The molecule has 4 heteroatoms. The number of carbonyl (C=O) groups excluding carboxylic acids is 1. The fourth-order valence-corrected chi connectivity index (χ4v) is 2.51. The summed E-state index contributed by atoms with van der Waals surface area (Å²) in [5, 5.41) is 0. The zero-order chi connectivity index (χ0) is 15.8. The number of rotatable bonds is 8. The molecule has 1 aromatic carbocycles. The van der Waals surface area contributed by atoms with Crippen LogP contribution in [0.5, 0.6) is 0 Å². The quantitative estimate of drug-likeness (QED) is 0.519. The minimum absolute atomic E-state index is 0.210. The van der Waals surface area contributed by atoms with E-state index in [1.165, 1.54) is 25.7 Å². The summed E-state index contributed by atoms with van der Waals surface area (Å²) in [4.78, 5) is 15.6. The van der Waals surface area contributed by atoms with Gasteiger partial charge in [0.25, 0.3) is 0 Å². The van der Waals surface area contributed by atoms with Gasteiger partial charge in [-0.1, -0.05) is 50.7 Å². The number of aliphatic imine (C=N–C) groups is 1. The van der Waals surface area contributed by atoms with Crippen LogP contribution >= 0.6 is 0 Å². The normalized spacial score (nSPS) is 16.5. The second-order valence-electron chi connectivity index (χ2n) is 5.73. The first-order valence-electron chi connectivity index (χ1n) is 8.18. The zero-order valence-corrected chi connectivity index (χ0v) is 13.5. The van der Waals surface area contributed by atoms with E-state index >= 15 is 0 Å². The Bertz CT molecular complexity index is 525. The molecule has 1 aromatic rings. The van der Waals surface area contributed by atoms with Gasteiger partial charge in [-0.3, -0.25) is 4.79 Å². The van der Waals surface area contributed by atoms with Crippen molar-refractivity contribution in [3.05, 3.63) is 29.3 Å². The standard InChI is InChI=1S/C18H25NO3/c1-3-4-5-6-7-8-11-21-18-19-16-10-9-14(2)12-15(16)17(13-20)22-18/h9-10,12-13,17H,3-8,11H2,1-2H3. The van der Waals surface area contributed by atoms with Gasteiger partial charge in [0.1, 0.15) is 0 Å². The monoisotopic (exact) mass is 303 g/mol. The SMILES string of the molecule is CCCCCCCCOC1=Nc2ccc(C)cc2C(C=O)O1. The molecule has 1 aliphatic heterocycles. The number of benzene rings is 1. The Labute approximate surface area is 132 Å². The first-order valence-corrected chi connectivity index (χ1v) is 8.18. The second kappa shape index (κ2) is 8.57. The van der Waals surface area contributed by atoms with Gasteiger partial charge in [0, 0.05) is 5.56 Å². The molecule has 0 aliphatic carbocycles. The van der Waals surface area contributed by atoms with Gasteiger partial charge in [0.2, 0.25) is 0 Å². The second-order valence-corrected chi connectivity index (χ2v) is 5.73. The maximum atomic E-state index is 11.2.